The molecule has 4 aromatic heterocycles. The second-order valence-electron chi connectivity index (χ2n) is 7.77. The van der Waals surface area contributed by atoms with Crippen LogP contribution in [0.15, 0.2) is 23.3 Å². The van der Waals surface area contributed by atoms with Gasteiger partial charge in [0.15, 0.2) is 0 Å². The minimum absolute atomic E-state index is 0.230. The van der Waals surface area contributed by atoms with Crippen molar-refractivity contribution in [1.82, 2.24) is 29.9 Å². The van der Waals surface area contributed by atoms with E-state index in [1.54, 1.807) is 17.5 Å². The summed E-state index contributed by atoms with van der Waals surface area (Å²) in [6, 6.07) is 3.14. The van der Waals surface area contributed by atoms with Crippen molar-refractivity contribution in [2.45, 2.75) is 38.8 Å². The molecule has 27 heavy (non-hydrogen) atoms. The number of aromatic amines is 2. The van der Waals surface area contributed by atoms with E-state index in [-0.39, 0.29) is 5.56 Å². The number of thiazole rings is 1. The summed E-state index contributed by atoms with van der Waals surface area (Å²) in [6.07, 6.45) is 4.24. The van der Waals surface area contributed by atoms with Crippen LogP contribution in [0.1, 0.15) is 10.7 Å². The normalized spacial score (nSPS) is 12.4. The van der Waals surface area contributed by atoms with Gasteiger partial charge >= 0.3 is 0 Å². The third-order valence-electron chi connectivity index (χ3n) is 4.26. The summed E-state index contributed by atoms with van der Waals surface area (Å²) in [5, 5.41) is 12.6. The van der Waals surface area contributed by atoms with Gasteiger partial charge in [-0.3, -0.25) is 4.79 Å². The van der Waals surface area contributed by atoms with Gasteiger partial charge in [-0.2, -0.15) is 10.2 Å². The Balaban J connectivity index is 1.43. The van der Waals surface area contributed by atoms with Crippen molar-refractivity contribution in [1.29, 1.82) is 0 Å². The molecular weight excluding hydrogens is 380 g/mol. The second-order valence-corrected chi connectivity index (χ2v) is 14.5. The third kappa shape index (κ3) is 4.02. The molecule has 0 saturated heterocycles. The van der Waals surface area contributed by atoms with Gasteiger partial charge in [-0.1, -0.05) is 19.6 Å². The van der Waals surface area contributed by atoms with E-state index in [0.717, 1.165) is 39.1 Å². The van der Waals surface area contributed by atoms with E-state index in [0.29, 0.717) is 18.7 Å². The quantitative estimate of drug-likeness (QED) is 0.365. The molecule has 0 aliphatic rings. The molecule has 0 aliphatic heterocycles. The van der Waals surface area contributed by atoms with Gasteiger partial charge in [0.2, 0.25) is 0 Å². The van der Waals surface area contributed by atoms with Gasteiger partial charge in [-0.25, -0.2) is 14.8 Å². The molecule has 0 aromatic carbocycles. The molecule has 2 N–H and O–H groups in total. The monoisotopic (exact) mass is 402 g/mol. The van der Waals surface area contributed by atoms with E-state index >= 15 is 0 Å². The minimum Gasteiger partial charge on any atom is -0.360 e. The van der Waals surface area contributed by atoms with Crippen LogP contribution in [0.2, 0.25) is 25.7 Å². The fourth-order valence-corrected chi connectivity index (χ4v) is 4.59. The molecule has 4 rings (SSSR count). The number of hydrogen-bond acceptors (Lipinski definition) is 6. The van der Waals surface area contributed by atoms with Gasteiger partial charge in [0.05, 0.1) is 16.6 Å². The Bertz CT molecular complexity index is 1140. The molecule has 0 bridgehead atoms. The number of nitrogens with one attached hydrogen (secondary N) is 2. The van der Waals surface area contributed by atoms with Crippen LogP contribution in [0.25, 0.3) is 21.3 Å². The lowest BCUT2D eigenvalue weighted by Crippen LogP contribution is -2.22. The van der Waals surface area contributed by atoms with Crippen molar-refractivity contribution < 1.29 is 4.74 Å². The van der Waals surface area contributed by atoms with Gasteiger partial charge in [-0.05, 0) is 12.1 Å². The average Bonchev–Trinajstić information content (AvgIpc) is 3.27. The molecule has 10 heteroatoms. The van der Waals surface area contributed by atoms with Crippen LogP contribution in [-0.2, 0) is 17.9 Å². The van der Waals surface area contributed by atoms with Crippen molar-refractivity contribution in [3.8, 4) is 0 Å². The molecule has 8 nitrogen and oxygen atoms in total. The van der Waals surface area contributed by atoms with Gasteiger partial charge in [0.25, 0.3) is 5.56 Å². The molecule has 0 spiro atoms. The fourth-order valence-electron chi connectivity index (χ4n) is 2.78. The predicted octanol–water partition coefficient (Wildman–Crippen LogP) is 2.96. The Morgan fingerprint density at radius 3 is 3.00 bits per heavy atom. The van der Waals surface area contributed by atoms with E-state index in [1.165, 1.54) is 0 Å². The van der Waals surface area contributed by atoms with Crippen molar-refractivity contribution in [2.24, 2.45) is 0 Å². The van der Waals surface area contributed by atoms with Crippen molar-refractivity contribution in [2.75, 3.05) is 6.61 Å². The lowest BCUT2D eigenvalue weighted by Gasteiger charge is -2.15. The molecule has 0 radical (unpaired) electrons. The van der Waals surface area contributed by atoms with Crippen LogP contribution >= 0.6 is 11.3 Å². The Hall–Kier alpha value is -2.30. The summed E-state index contributed by atoms with van der Waals surface area (Å²) >= 11 is 1.56. The maximum atomic E-state index is 11.8. The highest BCUT2D eigenvalue weighted by Crippen LogP contribution is 2.29. The summed E-state index contributed by atoms with van der Waals surface area (Å²) in [5.74, 6) is 0. The minimum atomic E-state index is -1.06. The van der Waals surface area contributed by atoms with Crippen LogP contribution < -0.4 is 5.56 Å². The van der Waals surface area contributed by atoms with Crippen LogP contribution in [0.3, 0.4) is 0 Å². The van der Waals surface area contributed by atoms with Crippen LogP contribution in [-0.4, -0.2) is 44.6 Å². The number of nitrogens with zero attached hydrogens (tertiary/aromatic N) is 4. The van der Waals surface area contributed by atoms with Crippen molar-refractivity contribution >= 4 is 40.7 Å². The van der Waals surface area contributed by atoms with Gasteiger partial charge in [-0.15, -0.1) is 11.3 Å². The van der Waals surface area contributed by atoms with Crippen LogP contribution in [0.5, 0.6) is 0 Å². The summed E-state index contributed by atoms with van der Waals surface area (Å²) in [7, 11) is -1.06. The average molecular weight is 403 g/mol. The number of hydrogen-bond donors (Lipinski definition) is 2. The number of aromatic nitrogens is 6. The van der Waals surface area contributed by atoms with E-state index in [2.05, 4.69) is 44.9 Å². The zero-order valence-electron chi connectivity index (χ0n) is 15.6. The molecule has 4 heterocycles. The number of ether oxygens (including phenoxy) is 1. The lowest BCUT2D eigenvalue weighted by atomic mass is 10.3. The van der Waals surface area contributed by atoms with Gasteiger partial charge in [0.1, 0.15) is 22.9 Å². The predicted molar refractivity (Wildman–Crippen MR) is 109 cm³/mol. The first-order valence-electron chi connectivity index (χ1n) is 8.84. The highest BCUT2D eigenvalue weighted by atomic mass is 32.1. The summed E-state index contributed by atoms with van der Waals surface area (Å²) in [5.41, 5.74) is 1.95. The zero-order valence-corrected chi connectivity index (χ0v) is 17.4. The first-order valence-corrected chi connectivity index (χ1v) is 13.4. The topological polar surface area (TPSA) is 101 Å². The molecule has 0 atom stereocenters. The van der Waals surface area contributed by atoms with E-state index in [9.17, 15) is 4.79 Å². The maximum Gasteiger partial charge on any atom is 0.288 e. The number of fused-ring (bicyclic) bond motifs is 3. The largest absolute Gasteiger partial charge is 0.360 e. The maximum absolute atomic E-state index is 11.8. The summed E-state index contributed by atoms with van der Waals surface area (Å²) in [4.78, 5) is 19.5. The Morgan fingerprint density at radius 2 is 2.19 bits per heavy atom. The number of H-pyrrole nitrogens is 2. The molecule has 142 valence electrons. The highest BCUT2D eigenvalue weighted by molar-refractivity contribution is 7.19. The van der Waals surface area contributed by atoms with E-state index in [4.69, 9.17) is 4.74 Å². The zero-order chi connectivity index (χ0) is 19.0. The number of rotatable bonds is 7. The summed E-state index contributed by atoms with van der Waals surface area (Å²) < 4.78 is 8.50. The molecule has 4 aromatic rings. The van der Waals surface area contributed by atoms with Crippen LogP contribution in [0, 0.1) is 0 Å². The highest BCUT2D eigenvalue weighted by Gasteiger charge is 2.14. The smallest absolute Gasteiger partial charge is 0.288 e. The standard InChI is InChI=1S/C17H22N6O2SSi/c1-27(2,3)7-6-25-10-23-5-4-11(22-23)8-13-19-16-15(26-13)12-9-18-21-17(24)14(12)20-16/h4-5,9,20H,6-8,10H2,1-3H3,(H,21,24). The lowest BCUT2D eigenvalue weighted by molar-refractivity contribution is 0.0783. The molecule has 0 fully saturated rings. The second kappa shape index (κ2) is 7.02. The molecule has 0 saturated carbocycles. The first kappa shape index (κ1) is 18.1. The third-order valence-corrected chi connectivity index (χ3v) is 7.06. The Labute approximate surface area is 160 Å². The Morgan fingerprint density at radius 1 is 1.33 bits per heavy atom. The Kier molecular flexibility index (Phi) is 4.70. The molecular formula is C17H22N6O2SSi. The SMILES string of the molecule is C[Si](C)(C)CCOCn1ccc(Cc2nc3[nH]c4c(=O)[nH]ncc4c3s2)n1. The van der Waals surface area contributed by atoms with Gasteiger partial charge in [0, 0.05) is 32.7 Å². The van der Waals surface area contributed by atoms with Crippen molar-refractivity contribution in [3.05, 3.63) is 39.5 Å². The van der Waals surface area contributed by atoms with Gasteiger partial charge < -0.3 is 9.72 Å². The van der Waals surface area contributed by atoms with Crippen LogP contribution in [0.4, 0.5) is 0 Å². The molecule has 0 amide bonds. The summed E-state index contributed by atoms with van der Waals surface area (Å²) in [6.45, 7) is 8.28. The fraction of sp³-hybridized carbons (Fsp3) is 0.412. The van der Waals surface area contributed by atoms with E-state index in [1.807, 2.05) is 16.9 Å². The molecule has 0 unspecified atom stereocenters. The van der Waals surface area contributed by atoms with E-state index < -0.39 is 8.07 Å². The molecule has 0 aliphatic carbocycles. The van der Waals surface area contributed by atoms with Crippen molar-refractivity contribution in [3.63, 3.8) is 0 Å². The first-order chi connectivity index (χ1) is 12.9.